The molecule has 1 aliphatic carbocycles. The van der Waals surface area contributed by atoms with E-state index in [2.05, 4.69) is 10.3 Å². The van der Waals surface area contributed by atoms with Crippen molar-refractivity contribution in [2.45, 2.75) is 37.9 Å². The first-order valence-corrected chi connectivity index (χ1v) is 6.33. The van der Waals surface area contributed by atoms with Gasteiger partial charge in [0.05, 0.1) is 5.52 Å². The number of aromatic amines is 1. The van der Waals surface area contributed by atoms with E-state index in [1.807, 2.05) is 18.2 Å². The average Bonchev–Trinajstić information content (AvgIpc) is 2.90. The fourth-order valence-electron chi connectivity index (χ4n) is 2.60. The van der Waals surface area contributed by atoms with Gasteiger partial charge in [-0.2, -0.15) is 0 Å². The van der Waals surface area contributed by atoms with Gasteiger partial charge in [-0.1, -0.05) is 12.5 Å². The molecular weight excluding hydrogens is 230 g/mol. The third-order valence-electron chi connectivity index (χ3n) is 3.62. The predicted molar refractivity (Wildman–Crippen MR) is 69.3 cm³/mol. The zero-order valence-electron chi connectivity index (χ0n) is 10.1. The van der Waals surface area contributed by atoms with Crippen LogP contribution >= 0.6 is 0 Å². The van der Waals surface area contributed by atoms with Crippen molar-refractivity contribution in [3.63, 3.8) is 0 Å². The topological polar surface area (TPSA) is 84.0 Å². The molecule has 1 aromatic carbocycles. The van der Waals surface area contributed by atoms with Gasteiger partial charge in [-0.15, -0.1) is 0 Å². The van der Waals surface area contributed by atoms with E-state index < -0.39 is 5.76 Å². The van der Waals surface area contributed by atoms with E-state index >= 15 is 0 Å². The molecule has 0 radical (unpaired) electrons. The van der Waals surface area contributed by atoms with Gasteiger partial charge in [0.25, 0.3) is 0 Å². The third kappa shape index (κ3) is 2.19. The molecule has 0 aliphatic heterocycles. The molecule has 0 spiro atoms. The second-order valence-corrected chi connectivity index (χ2v) is 4.93. The largest absolute Gasteiger partial charge is 0.417 e. The Bertz CT molecular complexity index is 602. The average molecular weight is 247 g/mol. The first kappa shape index (κ1) is 11.5. The summed E-state index contributed by atoms with van der Waals surface area (Å²) in [5, 5.41) is 3.47. The summed E-state index contributed by atoms with van der Waals surface area (Å²) in [4.78, 5) is 13.7. The number of rotatable bonds is 3. The Morgan fingerprint density at radius 1 is 1.44 bits per heavy atom. The molecule has 2 atom stereocenters. The first-order valence-electron chi connectivity index (χ1n) is 6.33. The standard InChI is InChI=1S/C13H17N3O2/c14-9-2-1-3-10(9)15-7-8-4-5-12-11(6-8)16-13(17)18-12/h4-6,9-10,15H,1-3,7,14H2,(H,16,17). The smallest absolute Gasteiger partial charge is 0.408 e. The van der Waals surface area contributed by atoms with Gasteiger partial charge in [-0.25, -0.2) is 4.79 Å². The van der Waals surface area contributed by atoms with E-state index in [-0.39, 0.29) is 6.04 Å². The molecule has 1 fully saturated rings. The molecule has 2 unspecified atom stereocenters. The van der Waals surface area contributed by atoms with Crippen molar-refractivity contribution in [1.82, 2.24) is 10.3 Å². The molecule has 0 saturated heterocycles. The lowest BCUT2D eigenvalue weighted by molar-refractivity contribution is 0.475. The van der Waals surface area contributed by atoms with Gasteiger partial charge in [0.2, 0.25) is 0 Å². The molecular formula is C13H17N3O2. The Labute approximate surface area is 104 Å². The Kier molecular flexibility index (Phi) is 2.93. The third-order valence-corrected chi connectivity index (χ3v) is 3.62. The van der Waals surface area contributed by atoms with Crippen LogP contribution in [0, 0.1) is 0 Å². The molecule has 1 aliphatic rings. The zero-order valence-corrected chi connectivity index (χ0v) is 10.1. The molecule has 0 bridgehead atoms. The monoisotopic (exact) mass is 247 g/mol. The maximum Gasteiger partial charge on any atom is 0.417 e. The Morgan fingerprint density at radius 2 is 2.33 bits per heavy atom. The molecule has 18 heavy (non-hydrogen) atoms. The number of aromatic nitrogens is 1. The first-order chi connectivity index (χ1) is 8.72. The quantitative estimate of drug-likeness (QED) is 0.758. The number of benzene rings is 1. The summed E-state index contributed by atoms with van der Waals surface area (Å²) in [5.41, 5.74) is 8.48. The summed E-state index contributed by atoms with van der Waals surface area (Å²) in [7, 11) is 0. The number of fused-ring (bicyclic) bond motifs is 1. The summed E-state index contributed by atoms with van der Waals surface area (Å²) in [6, 6.07) is 6.39. The lowest BCUT2D eigenvalue weighted by Gasteiger charge is -2.17. The van der Waals surface area contributed by atoms with Crippen LogP contribution in [-0.2, 0) is 6.54 Å². The molecule has 1 saturated carbocycles. The van der Waals surface area contributed by atoms with E-state index in [0.717, 1.165) is 30.5 Å². The summed E-state index contributed by atoms with van der Waals surface area (Å²) in [5.74, 6) is -0.409. The van der Waals surface area contributed by atoms with Crippen LogP contribution in [-0.4, -0.2) is 17.1 Å². The lowest BCUT2D eigenvalue weighted by Crippen LogP contribution is -2.40. The Hall–Kier alpha value is -1.59. The van der Waals surface area contributed by atoms with Crippen LogP contribution in [0.15, 0.2) is 27.4 Å². The second-order valence-electron chi connectivity index (χ2n) is 4.93. The van der Waals surface area contributed by atoms with Crippen molar-refractivity contribution in [3.05, 3.63) is 34.3 Å². The second kappa shape index (κ2) is 4.59. The van der Waals surface area contributed by atoms with E-state index in [0.29, 0.717) is 11.6 Å². The molecule has 2 aromatic rings. The van der Waals surface area contributed by atoms with Crippen LogP contribution in [0.3, 0.4) is 0 Å². The van der Waals surface area contributed by atoms with Gasteiger partial charge in [-0.3, -0.25) is 4.98 Å². The number of nitrogens with two attached hydrogens (primary N) is 1. The molecule has 96 valence electrons. The van der Waals surface area contributed by atoms with Crippen LogP contribution in [0.5, 0.6) is 0 Å². The van der Waals surface area contributed by atoms with E-state index in [1.165, 1.54) is 6.42 Å². The Balaban J connectivity index is 1.72. The van der Waals surface area contributed by atoms with Crippen molar-refractivity contribution in [1.29, 1.82) is 0 Å². The normalized spacial score (nSPS) is 23.8. The van der Waals surface area contributed by atoms with Gasteiger partial charge < -0.3 is 15.5 Å². The summed E-state index contributed by atoms with van der Waals surface area (Å²) >= 11 is 0. The molecule has 5 nitrogen and oxygen atoms in total. The van der Waals surface area contributed by atoms with Crippen molar-refractivity contribution < 1.29 is 4.42 Å². The predicted octanol–water partition coefficient (Wildman–Crippen LogP) is 1.09. The summed E-state index contributed by atoms with van der Waals surface area (Å²) < 4.78 is 4.97. The minimum absolute atomic E-state index is 0.266. The molecule has 3 rings (SSSR count). The maximum absolute atomic E-state index is 11.1. The number of nitrogens with one attached hydrogen (secondary N) is 2. The Morgan fingerprint density at radius 3 is 3.11 bits per heavy atom. The highest BCUT2D eigenvalue weighted by Gasteiger charge is 2.22. The van der Waals surface area contributed by atoms with Crippen molar-refractivity contribution in [3.8, 4) is 0 Å². The minimum atomic E-state index is -0.409. The van der Waals surface area contributed by atoms with Crippen LogP contribution in [0.1, 0.15) is 24.8 Å². The van der Waals surface area contributed by atoms with Gasteiger partial charge in [0.15, 0.2) is 5.58 Å². The fraction of sp³-hybridized carbons (Fsp3) is 0.462. The molecule has 1 heterocycles. The van der Waals surface area contributed by atoms with Crippen molar-refractivity contribution in [2.75, 3.05) is 0 Å². The van der Waals surface area contributed by atoms with Crippen LogP contribution < -0.4 is 16.8 Å². The number of H-pyrrole nitrogens is 1. The van der Waals surface area contributed by atoms with Gasteiger partial charge >= 0.3 is 5.76 Å². The highest BCUT2D eigenvalue weighted by atomic mass is 16.4. The highest BCUT2D eigenvalue weighted by molar-refractivity contribution is 5.72. The molecule has 1 aromatic heterocycles. The van der Waals surface area contributed by atoms with Crippen LogP contribution in [0.25, 0.3) is 11.1 Å². The fourth-order valence-corrected chi connectivity index (χ4v) is 2.60. The number of oxazole rings is 1. The highest BCUT2D eigenvalue weighted by Crippen LogP contribution is 2.18. The van der Waals surface area contributed by atoms with E-state index in [1.54, 1.807) is 0 Å². The van der Waals surface area contributed by atoms with Gasteiger partial charge in [0.1, 0.15) is 0 Å². The molecule has 4 N–H and O–H groups in total. The van der Waals surface area contributed by atoms with Crippen molar-refractivity contribution >= 4 is 11.1 Å². The number of hydrogen-bond donors (Lipinski definition) is 3. The van der Waals surface area contributed by atoms with Crippen molar-refractivity contribution in [2.24, 2.45) is 5.73 Å². The van der Waals surface area contributed by atoms with Crippen LogP contribution in [0.2, 0.25) is 0 Å². The molecule has 5 heteroatoms. The summed E-state index contributed by atoms with van der Waals surface area (Å²) in [6.45, 7) is 0.765. The van der Waals surface area contributed by atoms with E-state index in [9.17, 15) is 4.79 Å². The maximum atomic E-state index is 11.1. The van der Waals surface area contributed by atoms with E-state index in [4.69, 9.17) is 10.2 Å². The van der Waals surface area contributed by atoms with Gasteiger partial charge in [0, 0.05) is 18.6 Å². The van der Waals surface area contributed by atoms with Gasteiger partial charge in [-0.05, 0) is 30.5 Å². The number of hydrogen-bond acceptors (Lipinski definition) is 4. The van der Waals surface area contributed by atoms with Crippen LogP contribution in [0.4, 0.5) is 0 Å². The molecule has 0 amide bonds. The SMILES string of the molecule is NC1CCCC1NCc1ccc2oc(=O)[nH]c2c1. The summed E-state index contributed by atoms with van der Waals surface area (Å²) in [6.07, 6.45) is 3.45. The lowest BCUT2D eigenvalue weighted by atomic mass is 10.1. The zero-order chi connectivity index (χ0) is 12.5. The minimum Gasteiger partial charge on any atom is -0.408 e.